The smallest absolute Gasteiger partial charge is 0.423 e. The fourth-order valence-corrected chi connectivity index (χ4v) is 1.88. The van der Waals surface area contributed by atoms with Gasteiger partial charge in [0.2, 0.25) is 0 Å². The Kier molecular flexibility index (Phi) is 3.33. The van der Waals surface area contributed by atoms with Crippen molar-refractivity contribution >= 4 is 24.0 Å². The molecule has 0 unspecified atom stereocenters. The Bertz CT molecular complexity index is 367. The fourth-order valence-electron chi connectivity index (χ4n) is 1.88. The highest BCUT2D eigenvalue weighted by molar-refractivity contribution is 6.60. The van der Waals surface area contributed by atoms with Crippen LogP contribution >= 0.6 is 0 Å². The molecule has 0 aliphatic carbocycles. The predicted octanol–water partition coefficient (Wildman–Crippen LogP) is -1.21. The van der Waals surface area contributed by atoms with E-state index in [1.807, 2.05) is 6.07 Å². The summed E-state index contributed by atoms with van der Waals surface area (Å²) in [7, 11) is -1.53. The SMILES string of the molecule is Nc1c(B(O)O)cccc1N1CCOCC1. The molecule has 86 valence electrons. The number of nitrogens with zero attached hydrogens (tertiary/aromatic N) is 1. The molecular weight excluding hydrogens is 207 g/mol. The molecule has 1 aliphatic rings. The van der Waals surface area contributed by atoms with E-state index < -0.39 is 7.12 Å². The summed E-state index contributed by atoms with van der Waals surface area (Å²) in [6.45, 7) is 2.89. The van der Waals surface area contributed by atoms with Crippen LogP contribution in [0.3, 0.4) is 0 Å². The minimum Gasteiger partial charge on any atom is -0.423 e. The first-order chi connectivity index (χ1) is 7.70. The molecule has 0 radical (unpaired) electrons. The van der Waals surface area contributed by atoms with E-state index in [2.05, 4.69) is 4.90 Å². The van der Waals surface area contributed by atoms with Gasteiger partial charge in [0.25, 0.3) is 0 Å². The molecule has 6 heteroatoms. The number of nitrogens with two attached hydrogens (primary N) is 1. The van der Waals surface area contributed by atoms with Gasteiger partial charge in [-0.3, -0.25) is 0 Å². The van der Waals surface area contributed by atoms with Gasteiger partial charge in [-0.05, 0) is 6.07 Å². The number of benzene rings is 1. The van der Waals surface area contributed by atoms with Gasteiger partial charge in [-0.15, -0.1) is 0 Å². The molecule has 1 fully saturated rings. The van der Waals surface area contributed by atoms with E-state index in [0.717, 1.165) is 18.8 Å². The van der Waals surface area contributed by atoms with Gasteiger partial charge in [0, 0.05) is 18.6 Å². The Hall–Kier alpha value is -1.24. The normalized spacial score (nSPS) is 16.2. The largest absolute Gasteiger partial charge is 0.490 e. The van der Waals surface area contributed by atoms with E-state index in [1.165, 1.54) is 0 Å². The number of anilines is 2. The zero-order valence-corrected chi connectivity index (χ0v) is 8.97. The molecule has 1 heterocycles. The number of rotatable bonds is 2. The maximum atomic E-state index is 9.16. The highest BCUT2D eigenvalue weighted by Crippen LogP contribution is 2.22. The third-order valence-electron chi connectivity index (χ3n) is 2.75. The molecule has 1 aromatic rings. The van der Waals surface area contributed by atoms with Gasteiger partial charge >= 0.3 is 7.12 Å². The third-order valence-corrected chi connectivity index (χ3v) is 2.75. The van der Waals surface area contributed by atoms with Crippen LogP contribution < -0.4 is 16.1 Å². The lowest BCUT2D eigenvalue weighted by Crippen LogP contribution is -2.39. The van der Waals surface area contributed by atoms with Gasteiger partial charge in [0.15, 0.2) is 0 Å². The summed E-state index contributed by atoms with van der Waals surface area (Å²) in [6, 6.07) is 5.27. The van der Waals surface area contributed by atoms with Crippen molar-refractivity contribution in [1.82, 2.24) is 0 Å². The minimum absolute atomic E-state index is 0.351. The Labute approximate surface area is 94.6 Å². The molecule has 0 bridgehead atoms. The molecule has 1 saturated heterocycles. The van der Waals surface area contributed by atoms with E-state index in [0.29, 0.717) is 24.4 Å². The van der Waals surface area contributed by atoms with Crippen molar-refractivity contribution < 1.29 is 14.8 Å². The van der Waals surface area contributed by atoms with Crippen LogP contribution in [0.1, 0.15) is 0 Å². The number of ether oxygens (including phenoxy) is 1. The van der Waals surface area contributed by atoms with Crippen LogP contribution in [0.15, 0.2) is 18.2 Å². The van der Waals surface area contributed by atoms with E-state index in [4.69, 9.17) is 20.5 Å². The first kappa shape index (κ1) is 11.3. The van der Waals surface area contributed by atoms with Crippen LogP contribution in [0.2, 0.25) is 0 Å². The van der Waals surface area contributed by atoms with Gasteiger partial charge in [-0.1, -0.05) is 12.1 Å². The van der Waals surface area contributed by atoms with Crippen LogP contribution in [0.5, 0.6) is 0 Å². The molecule has 2 rings (SSSR count). The summed E-state index contributed by atoms with van der Waals surface area (Å²) in [5.74, 6) is 0. The lowest BCUT2D eigenvalue weighted by molar-refractivity contribution is 0.123. The van der Waals surface area contributed by atoms with Gasteiger partial charge in [0.05, 0.1) is 24.6 Å². The summed E-state index contributed by atoms with van der Waals surface area (Å²) in [5.41, 5.74) is 7.54. The van der Waals surface area contributed by atoms with Crippen molar-refractivity contribution in [3.63, 3.8) is 0 Å². The fraction of sp³-hybridized carbons (Fsp3) is 0.400. The maximum Gasteiger partial charge on any atom is 0.490 e. The Balaban J connectivity index is 2.29. The monoisotopic (exact) mass is 222 g/mol. The molecule has 1 aliphatic heterocycles. The van der Waals surface area contributed by atoms with Crippen molar-refractivity contribution in [2.75, 3.05) is 36.9 Å². The molecular formula is C10H15BN2O3. The highest BCUT2D eigenvalue weighted by atomic mass is 16.5. The van der Waals surface area contributed by atoms with Crippen molar-refractivity contribution in [1.29, 1.82) is 0 Å². The lowest BCUT2D eigenvalue weighted by Gasteiger charge is -2.30. The zero-order chi connectivity index (χ0) is 11.5. The zero-order valence-electron chi connectivity index (χ0n) is 8.97. The summed E-state index contributed by atoms with van der Waals surface area (Å²) in [5, 5.41) is 18.3. The second-order valence-corrected chi connectivity index (χ2v) is 3.75. The summed E-state index contributed by atoms with van der Waals surface area (Å²) in [6.07, 6.45) is 0. The molecule has 0 saturated carbocycles. The second-order valence-electron chi connectivity index (χ2n) is 3.75. The first-order valence-corrected chi connectivity index (χ1v) is 5.27. The number of para-hydroxylation sites is 1. The number of morpholine rings is 1. The molecule has 0 aromatic heterocycles. The Morgan fingerprint density at radius 2 is 1.94 bits per heavy atom. The van der Waals surface area contributed by atoms with E-state index in [9.17, 15) is 0 Å². The van der Waals surface area contributed by atoms with Crippen molar-refractivity contribution in [2.45, 2.75) is 0 Å². The number of nitrogen functional groups attached to an aromatic ring is 1. The van der Waals surface area contributed by atoms with Crippen molar-refractivity contribution in [3.8, 4) is 0 Å². The second kappa shape index (κ2) is 4.73. The Morgan fingerprint density at radius 1 is 1.25 bits per heavy atom. The number of hydrogen-bond acceptors (Lipinski definition) is 5. The number of hydrogen-bond donors (Lipinski definition) is 3. The topological polar surface area (TPSA) is 79.0 Å². The first-order valence-electron chi connectivity index (χ1n) is 5.27. The maximum absolute atomic E-state index is 9.16. The summed E-state index contributed by atoms with van der Waals surface area (Å²) < 4.78 is 5.26. The van der Waals surface area contributed by atoms with Gasteiger partial charge in [-0.2, -0.15) is 0 Å². The van der Waals surface area contributed by atoms with Crippen molar-refractivity contribution in [3.05, 3.63) is 18.2 Å². The van der Waals surface area contributed by atoms with Gasteiger partial charge in [-0.25, -0.2) is 0 Å². The molecule has 1 aromatic carbocycles. The van der Waals surface area contributed by atoms with E-state index >= 15 is 0 Å². The molecule has 4 N–H and O–H groups in total. The third kappa shape index (κ3) is 2.14. The Morgan fingerprint density at radius 3 is 2.56 bits per heavy atom. The average molecular weight is 222 g/mol. The van der Waals surface area contributed by atoms with Gasteiger partial charge < -0.3 is 25.4 Å². The van der Waals surface area contributed by atoms with E-state index in [1.54, 1.807) is 12.1 Å². The average Bonchev–Trinajstić information content (AvgIpc) is 2.30. The minimum atomic E-state index is -1.53. The van der Waals surface area contributed by atoms with Crippen LogP contribution in [0.4, 0.5) is 11.4 Å². The molecule has 0 spiro atoms. The van der Waals surface area contributed by atoms with Gasteiger partial charge in [0.1, 0.15) is 0 Å². The molecule has 0 amide bonds. The van der Waals surface area contributed by atoms with E-state index in [-0.39, 0.29) is 0 Å². The predicted molar refractivity (Wildman–Crippen MR) is 63.7 cm³/mol. The molecule has 16 heavy (non-hydrogen) atoms. The molecule has 0 atom stereocenters. The summed E-state index contributed by atoms with van der Waals surface area (Å²) in [4.78, 5) is 2.09. The van der Waals surface area contributed by atoms with Crippen LogP contribution in [-0.4, -0.2) is 43.5 Å². The van der Waals surface area contributed by atoms with Crippen LogP contribution in [0.25, 0.3) is 0 Å². The lowest BCUT2D eigenvalue weighted by atomic mass is 9.78. The highest BCUT2D eigenvalue weighted by Gasteiger charge is 2.20. The van der Waals surface area contributed by atoms with Crippen LogP contribution in [-0.2, 0) is 4.74 Å². The standard InChI is InChI=1S/C10H15BN2O3/c12-10-8(11(14)15)2-1-3-9(10)13-4-6-16-7-5-13/h1-3,14-15H,4-7,12H2. The van der Waals surface area contributed by atoms with Crippen LogP contribution in [0, 0.1) is 0 Å². The van der Waals surface area contributed by atoms with Crippen molar-refractivity contribution in [2.24, 2.45) is 0 Å². The molecule has 5 nitrogen and oxygen atoms in total. The summed E-state index contributed by atoms with van der Waals surface area (Å²) >= 11 is 0. The quantitative estimate of drug-likeness (QED) is 0.432.